The van der Waals surface area contributed by atoms with Crippen molar-refractivity contribution in [2.45, 2.75) is 19.1 Å². The SMILES string of the molecule is C[C@H](Nc1nccc(-c2cc(-c3ccc(Cl)cc3)nnc2-c2cccc(C(F)(F)F)c2)n1)c1ccccc1. The van der Waals surface area contributed by atoms with E-state index in [0.717, 1.165) is 23.3 Å². The monoisotopic (exact) mass is 531 g/mol. The first-order chi connectivity index (χ1) is 18.3. The minimum Gasteiger partial charge on any atom is -0.348 e. The maximum absolute atomic E-state index is 13.5. The van der Waals surface area contributed by atoms with Crippen LogP contribution in [-0.2, 0) is 6.18 Å². The molecule has 0 aliphatic rings. The molecule has 0 radical (unpaired) electrons. The summed E-state index contributed by atoms with van der Waals surface area (Å²) in [5, 5.41) is 12.5. The molecule has 2 aromatic heterocycles. The fourth-order valence-electron chi connectivity index (χ4n) is 4.00. The van der Waals surface area contributed by atoms with Crippen LogP contribution in [0, 0.1) is 0 Å². The molecular formula is C29H21ClF3N5. The van der Waals surface area contributed by atoms with Gasteiger partial charge in [0, 0.05) is 27.9 Å². The molecule has 1 N–H and O–H groups in total. The lowest BCUT2D eigenvalue weighted by Crippen LogP contribution is -2.09. The summed E-state index contributed by atoms with van der Waals surface area (Å²) in [5.74, 6) is 0.374. The molecule has 38 heavy (non-hydrogen) atoms. The molecule has 0 aliphatic heterocycles. The van der Waals surface area contributed by atoms with Crippen LogP contribution in [-0.4, -0.2) is 20.2 Å². The van der Waals surface area contributed by atoms with Crippen LogP contribution in [0.3, 0.4) is 0 Å². The van der Waals surface area contributed by atoms with E-state index in [0.29, 0.717) is 27.9 Å². The summed E-state index contributed by atoms with van der Waals surface area (Å²) in [7, 11) is 0. The minimum absolute atomic E-state index is 0.0745. The van der Waals surface area contributed by atoms with Gasteiger partial charge < -0.3 is 5.32 Å². The van der Waals surface area contributed by atoms with Crippen molar-refractivity contribution in [1.82, 2.24) is 20.2 Å². The highest BCUT2D eigenvalue weighted by molar-refractivity contribution is 6.30. The van der Waals surface area contributed by atoms with Crippen molar-refractivity contribution in [3.05, 3.63) is 113 Å². The van der Waals surface area contributed by atoms with E-state index < -0.39 is 11.7 Å². The van der Waals surface area contributed by atoms with E-state index in [-0.39, 0.29) is 17.3 Å². The molecule has 5 rings (SSSR count). The van der Waals surface area contributed by atoms with Gasteiger partial charge in [-0.15, -0.1) is 10.2 Å². The van der Waals surface area contributed by atoms with E-state index in [2.05, 4.69) is 25.5 Å². The van der Waals surface area contributed by atoms with Gasteiger partial charge in [0.2, 0.25) is 5.95 Å². The molecule has 3 aromatic carbocycles. The lowest BCUT2D eigenvalue weighted by Gasteiger charge is -2.16. The highest BCUT2D eigenvalue weighted by Crippen LogP contribution is 2.36. The van der Waals surface area contributed by atoms with Gasteiger partial charge in [0.25, 0.3) is 0 Å². The van der Waals surface area contributed by atoms with Crippen LogP contribution >= 0.6 is 11.6 Å². The van der Waals surface area contributed by atoms with Gasteiger partial charge in [0.15, 0.2) is 0 Å². The summed E-state index contributed by atoms with van der Waals surface area (Å²) in [6, 6.07) is 25.3. The fraction of sp³-hybridized carbons (Fsp3) is 0.103. The number of hydrogen-bond donors (Lipinski definition) is 1. The summed E-state index contributed by atoms with van der Waals surface area (Å²) < 4.78 is 40.4. The molecule has 1 atom stereocenters. The number of nitrogens with zero attached hydrogens (tertiary/aromatic N) is 4. The number of halogens is 4. The molecule has 0 unspecified atom stereocenters. The Morgan fingerprint density at radius 2 is 1.55 bits per heavy atom. The fourth-order valence-corrected chi connectivity index (χ4v) is 4.13. The van der Waals surface area contributed by atoms with E-state index in [4.69, 9.17) is 11.6 Å². The predicted octanol–water partition coefficient (Wildman–Crippen LogP) is 8.11. The second-order valence-electron chi connectivity index (χ2n) is 8.62. The Labute approximate surface area is 222 Å². The Bertz CT molecular complexity index is 1560. The van der Waals surface area contributed by atoms with Crippen molar-refractivity contribution in [1.29, 1.82) is 0 Å². The highest BCUT2D eigenvalue weighted by atomic mass is 35.5. The minimum atomic E-state index is -4.49. The van der Waals surface area contributed by atoms with Crippen molar-refractivity contribution < 1.29 is 13.2 Å². The topological polar surface area (TPSA) is 63.6 Å². The van der Waals surface area contributed by atoms with Gasteiger partial charge in [-0.2, -0.15) is 13.2 Å². The van der Waals surface area contributed by atoms with Crippen molar-refractivity contribution >= 4 is 17.5 Å². The van der Waals surface area contributed by atoms with E-state index in [1.54, 1.807) is 48.7 Å². The van der Waals surface area contributed by atoms with Crippen LogP contribution in [0.1, 0.15) is 24.1 Å². The van der Waals surface area contributed by atoms with Crippen LogP contribution in [0.5, 0.6) is 0 Å². The molecular weight excluding hydrogens is 511 g/mol. The average Bonchev–Trinajstić information content (AvgIpc) is 2.93. The number of rotatable bonds is 6. The third-order valence-electron chi connectivity index (χ3n) is 5.97. The summed E-state index contributed by atoms with van der Waals surface area (Å²) in [6.45, 7) is 1.99. The molecule has 0 amide bonds. The third-order valence-corrected chi connectivity index (χ3v) is 6.23. The Morgan fingerprint density at radius 3 is 2.29 bits per heavy atom. The van der Waals surface area contributed by atoms with Gasteiger partial charge in [-0.1, -0.05) is 66.2 Å². The molecule has 190 valence electrons. The van der Waals surface area contributed by atoms with Crippen molar-refractivity contribution in [3.63, 3.8) is 0 Å². The summed E-state index contributed by atoms with van der Waals surface area (Å²) in [4.78, 5) is 9.03. The molecule has 0 spiro atoms. The van der Waals surface area contributed by atoms with E-state index in [1.807, 2.05) is 37.3 Å². The molecule has 5 aromatic rings. The standard InChI is InChI=1S/C29H21ClF3N5/c1-18(19-6-3-2-4-7-19)35-28-34-15-14-25(36-28)24-17-26(20-10-12-23(30)13-11-20)37-38-27(24)21-8-5-9-22(16-21)29(31,32)33/h2-18H,1H3,(H,34,35,36)/t18-/m0/s1. The summed E-state index contributed by atoms with van der Waals surface area (Å²) in [6.07, 6.45) is -2.90. The van der Waals surface area contributed by atoms with E-state index >= 15 is 0 Å². The molecule has 0 bridgehead atoms. The predicted molar refractivity (Wildman–Crippen MR) is 142 cm³/mol. The molecule has 0 saturated heterocycles. The normalized spacial score (nSPS) is 12.2. The van der Waals surface area contributed by atoms with Crippen LogP contribution in [0.25, 0.3) is 33.8 Å². The molecule has 0 aliphatic carbocycles. The number of nitrogens with one attached hydrogen (secondary N) is 1. The second kappa shape index (κ2) is 10.6. The summed E-state index contributed by atoms with van der Waals surface area (Å²) in [5.41, 5.74) is 3.11. The average molecular weight is 532 g/mol. The molecule has 9 heteroatoms. The number of benzene rings is 3. The van der Waals surface area contributed by atoms with Gasteiger partial charge in [0.05, 0.1) is 23.0 Å². The second-order valence-corrected chi connectivity index (χ2v) is 9.06. The lowest BCUT2D eigenvalue weighted by atomic mass is 10.00. The maximum atomic E-state index is 13.5. The van der Waals surface area contributed by atoms with E-state index in [9.17, 15) is 13.2 Å². The van der Waals surface area contributed by atoms with Crippen LogP contribution < -0.4 is 5.32 Å². The lowest BCUT2D eigenvalue weighted by molar-refractivity contribution is -0.137. The number of anilines is 1. The van der Waals surface area contributed by atoms with Gasteiger partial charge in [0.1, 0.15) is 5.69 Å². The van der Waals surface area contributed by atoms with Crippen LogP contribution in [0.4, 0.5) is 19.1 Å². The third kappa shape index (κ3) is 5.65. The zero-order chi connectivity index (χ0) is 26.7. The first-order valence-corrected chi connectivity index (χ1v) is 12.1. The first kappa shape index (κ1) is 25.4. The zero-order valence-electron chi connectivity index (χ0n) is 20.1. The van der Waals surface area contributed by atoms with Crippen molar-refractivity contribution in [2.24, 2.45) is 0 Å². The first-order valence-electron chi connectivity index (χ1n) is 11.7. The van der Waals surface area contributed by atoms with E-state index in [1.165, 1.54) is 6.07 Å². The summed E-state index contributed by atoms with van der Waals surface area (Å²) >= 11 is 6.03. The Balaban J connectivity index is 1.60. The molecule has 0 saturated carbocycles. The Hall–Kier alpha value is -4.30. The van der Waals surface area contributed by atoms with Gasteiger partial charge >= 0.3 is 6.18 Å². The largest absolute Gasteiger partial charge is 0.416 e. The number of hydrogen-bond acceptors (Lipinski definition) is 5. The molecule has 2 heterocycles. The quantitative estimate of drug-likeness (QED) is 0.240. The molecule has 5 nitrogen and oxygen atoms in total. The van der Waals surface area contributed by atoms with Crippen molar-refractivity contribution in [2.75, 3.05) is 5.32 Å². The van der Waals surface area contributed by atoms with Crippen LogP contribution in [0.2, 0.25) is 5.02 Å². The number of aromatic nitrogens is 4. The smallest absolute Gasteiger partial charge is 0.348 e. The van der Waals surface area contributed by atoms with Crippen LogP contribution in [0.15, 0.2) is 97.2 Å². The Kier molecular flexibility index (Phi) is 7.07. The van der Waals surface area contributed by atoms with Gasteiger partial charge in [-0.05, 0) is 48.9 Å². The van der Waals surface area contributed by atoms with Gasteiger partial charge in [-0.25, -0.2) is 9.97 Å². The van der Waals surface area contributed by atoms with Gasteiger partial charge in [-0.3, -0.25) is 0 Å². The highest BCUT2D eigenvalue weighted by Gasteiger charge is 2.31. The zero-order valence-corrected chi connectivity index (χ0v) is 20.9. The van der Waals surface area contributed by atoms with Crippen molar-refractivity contribution in [3.8, 4) is 33.8 Å². The maximum Gasteiger partial charge on any atom is 0.416 e. The molecule has 0 fully saturated rings. The Morgan fingerprint density at radius 1 is 0.789 bits per heavy atom. The number of alkyl halides is 3.